The Hall–Kier alpha value is -4.27. The Labute approximate surface area is 226 Å². The van der Waals surface area contributed by atoms with Crippen LogP contribution < -0.4 is 4.74 Å². The maximum Gasteiger partial charge on any atom is 0.305 e. The number of nitrogens with zero attached hydrogens (tertiary/aromatic N) is 5. The maximum atomic E-state index is 12.7. The van der Waals surface area contributed by atoms with Gasteiger partial charge in [-0.1, -0.05) is 6.07 Å². The molecule has 0 spiro atoms. The third kappa shape index (κ3) is 5.34. The number of amides is 1. The summed E-state index contributed by atoms with van der Waals surface area (Å²) in [5.41, 5.74) is 5.53. The maximum absolute atomic E-state index is 12.7. The highest BCUT2D eigenvalue weighted by atomic mass is 16.5. The second-order valence-corrected chi connectivity index (χ2v) is 10.3. The average Bonchev–Trinajstić information content (AvgIpc) is 3.34. The number of aliphatic carboxylic acids is 1. The lowest BCUT2D eigenvalue weighted by atomic mass is 9.96. The largest absolute Gasteiger partial charge is 0.493 e. The van der Waals surface area contributed by atoms with Gasteiger partial charge >= 0.3 is 5.97 Å². The molecule has 1 aromatic carbocycles. The van der Waals surface area contributed by atoms with E-state index in [9.17, 15) is 14.7 Å². The molecule has 39 heavy (non-hydrogen) atoms. The van der Waals surface area contributed by atoms with E-state index >= 15 is 0 Å². The van der Waals surface area contributed by atoms with E-state index in [4.69, 9.17) is 9.72 Å². The van der Waals surface area contributed by atoms with Crippen molar-refractivity contribution in [3.63, 3.8) is 0 Å². The van der Waals surface area contributed by atoms with Gasteiger partial charge in [0.15, 0.2) is 0 Å². The average molecular weight is 526 g/mol. The van der Waals surface area contributed by atoms with Gasteiger partial charge in [0.2, 0.25) is 0 Å². The smallest absolute Gasteiger partial charge is 0.305 e. The van der Waals surface area contributed by atoms with Crippen LogP contribution in [-0.2, 0) is 24.1 Å². The number of carboxylic acid groups (broad SMARTS) is 1. The van der Waals surface area contributed by atoms with Gasteiger partial charge in [0.05, 0.1) is 36.3 Å². The van der Waals surface area contributed by atoms with E-state index in [0.717, 1.165) is 61.1 Å². The van der Waals surface area contributed by atoms with Crippen LogP contribution in [0.15, 0.2) is 55.0 Å². The molecule has 4 heterocycles. The first-order valence-electron chi connectivity index (χ1n) is 13.6. The van der Waals surface area contributed by atoms with Crippen LogP contribution in [0.2, 0.25) is 0 Å². The first-order chi connectivity index (χ1) is 19.0. The number of aromatic nitrogens is 4. The Kier molecular flexibility index (Phi) is 6.96. The van der Waals surface area contributed by atoms with Crippen molar-refractivity contribution in [2.75, 3.05) is 19.7 Å². The molecule has 1 N–H and O–H groups in total. The summed E-state index contributed by atoms with van der Waals surface area (Å²) in [4.78, 5) is 35.4. The highest BCUT2D eigenvalue weighted by Crippen LogP contribution is 2.29. The van der Waals surface area contributed by atoms with E-state index in [1.807, 2.05) is 18.2 Å². The number of pyridine rings is 2. The minimum absolute atomic E-state index is 0.0811. The summed E-state index contributed by atoms with van der Waals surface area (Å²) in [7, 11) is 0. The van der Waals surface area contributed by atoms with Gasteiger partial charge in [-0.2, -0.15) is 5.10 Å². The first kappa shape index (κ1) is 25.0. The zero-order valence-electron chi connectivity index (χ0n) is 21.8. The highest BCUT2D eigenvalue weighted by molar-refractivity contribution is 5.94. The van der Waals surface area contributed by atoms with Crippen LogP contribution in [0.5, 0.6) is 5.75 Å². The molecule has 9 nitrogen and oxygen atoms in total. The molecular formula is C30H31N5O4. The lowest BCUT2D eigenvalue weighted by Crippen LogP contribution is -2.42. The second kappa shape index (κ2) is 10.8. The van der Waals surface area contributed by atoms with E-state index in [0.29, 0.717) is 17.7 Å². The van der Waals surface area contributed by atoms with Crippen molar-refractivity contribution in [2.45, 2.75) is 51.0 Å². The third-order valence-electron chi connectivity index (χ3n) is 7.63. The van der Waals surface area contributed by atoms with E-state index in [2.05, 4.69) is 22.2 Å². The Morgan fingerprint density at radius 1 is 1.00 bits per heavy atom. The molecule has 4 aromatic rings. The van der Waals surface area contributed by atoms with Gasteiger partial charge in [0.1, 0.15) is 5.75 Å². The zero-order valence-corrected chi connectivity index (χ0v) is 21.8. The van der Waals surface area contributed by atoms with E-state index < -0.39 is 12.0 Å². The lowest BCUT2D eigenvalue weighted by molar-refractivity contribution is -0.137. The number of carbonyl (C=O) groups excluding carboxylic acids is 1. The molecule has 1 fully saturated rings. The molecule has 9 heteroatoms. The molecule has 1 amide bonds. The van der Waals surface area contributed by atoms with Crippen molar-refractivity contribution in [2.24, 2.45) is 0 Å². The molecule has 0 saturated carbocycles. The highest BCUT2D eigenvalue weighted by Gasteiger charge is 2.25. The van der Waals surface area contributed by atoms with Crippen LogP contribution in [0, 0.1) is 0 Å². The molecule has 1 saturated heterocycles. The molecule has 200 valence electrons. The van der Waals surface area contributed by atoms with Gasteiger partial charge in [-0.05, 0) is 73.6 Å². The monoisotopic (exact) mass is 525 g/mol. The van der Waals surface area contributed by atoms with Crippen molar-refractivity contribution in [1.29, 1.82) is 0 Å². The summed E-state index contributed by atoms with van der Waals surface area (Å²) in [5.74, 6) is -0.320. The van der Waals surface area contributed by atoms with Crippen LogP contribution in [0.3, 0.4) is 0 Å². The molecule has 1 aliphatic carbocycles. The predicted octanol–water partition coefficient (Wildman–Crippen LogP) is 4.24. The fourth-order valence-corrected chi connectivity index (χ4v) is 5.38. The number of ether oxygens (including phenoxy) is 1. The molecule has 6 rings (SSSR count). The number of rotatable bonds is 9. The van der Waals surface area contributed by atoms with Crippen LogP contribution in [-0.4, -0.2) is 61.3 Å². The SMILES string of the molecule is O=C(O)CC(c1cncc(C(=O)N2CCC2)c1)n1ncc2cc(OCCc3ccc4c(n3)CCCC4)ccc21. The normalized spacial score (nSPS) is 15.4. The minimum atomic E-state index is -0.959. The fourth-order valence-electron chi connectivity index (χ4n) is 5.38. The van der Waals surface area contributed by atoms with Gasteiger partial charge in [0.25, 0.3) is 5.91 Å². The number of likely N-dealkylation sites (tertiary alicyclic amines) is 1. The van der Waals surface area contributed by atoms with Gasteiger partial charge in [0, 0.05) is 48.7 Å². The third-order valence-corrected chi connectivity index (χ3v) is 7.63. The summed E-state index contributed by atoms with van der Waals surface area (Å²) in [6, 6.07) is 11.1. The Bertz CT molecular complexity index is 1530. The fraction of sp³-hybridized carbons (Fsp3) is 0.367. The summed E-state index contributed by atoms with van der Waals surface area (Å²) in [6.07, 6.45) is 11.0. The molecule has 2 aliphatic rings. The van der Waals surface area contributed by atoms with Crippen molar-refractivity contribution < 1.29 is 19.4 Å². The number of fused-ring (bicyclic) bond motifs is 2. The van der Waals surface area contributed by atoms with Crippen molar-refractivity contribution >= 4 is 22.8 Å². The first-order valence-corrected chi connectivity index (χ1v) is 13.6. The predicted molar refractivity (Wildman–Crippen MR) is 145 cm³/mol. The summed E-state index contributed by atoms with van der Waals surface area (Å²) >= 11 is 0. The quantitative estimate of drug-likeness (QED) is 0.348. The van der Waals surface area contributed by atoms with Gasteiger partial charge in [-0.25, -0.2) is 0 Å². The van der Waals surface area contributed by atoms with Crippen molar-refractivity contribution in [1.82, 2.24) is 24.6 Å². The summed E-state index contributed by atoms with van der Waals surface area (Å²) in [6.45, 7) is 1.98. The molecule has 1 atom stereocenters. The number of aryl methyl sites for hydroxylation is 2. The van der Waals surface area contributed by atoms with Crippen LogP contribution in [0.1, 0.15) is 64.6 Å². The zero-order chi connectivity index (χ0) is 26.8. The number of hydrogen-bond donors (Lipinski definition) is 1. The Balaban J connectivity index is 1.19. The number of hydrogen-bond acceptors (Lipinski definition) is 6. The van der Waals surface area contributed by atoms with Crippen molar-refractivity contribution in [3.8, 4) is 5.75 Å². The van der Waals surface area contributed by atoms with E-state index in [1.165, 1.54) is 30.3 Å². The molecule has 1 unspecified atom stereocenters. The standard InChI is InChI=1S/C30H31N5O4/c36-29(37)16-28(21-14-23(18-31-17-21)30(38)34-11-3-12-34)35-27-9-8-25(15-22(27)19-32-35)39-13-10-24-7-6-20-4-1-2-5-26(20)33-24/h6-9,14-15,17-19,28H,1-5,10-13,16H2,(H,36,37). The number of benzene rings is 1. The molecule has 0 radical (unpaired) electrons. The molecule has 0 bridgehead atoms. The topological polar surface area (TPSA) is 110 Å². The lowest BCUT2D eigenvalue weighted by Gasteiger charge is -2.31. The van der Waals surface area contributed by atoms with E-state index in [-0.39, 0.29) is 12.3 Å². The van der Waals surface area contributed by atoms with E-state index in [1.54, 1.807) is 28.0 Å². The van der Waals surface area contributed by atoms with Crippen LogP contribution in [0.4, 0.5) is 0 Å². The molecular weight excluding hydrogens is 494 g/mol. The Morgan fingerprint density at radius 3 is 2.69 bits per heavy atom. The van der Waals surface area contributed by atoms with Crippen LogP contribution in [0.25, 0.3) is 10.9 Å². The van der Waals surface area contributed by atoms with Crippen LogP contribution >= 0.6 is 0 Å². The molecule has 3 aromatic heterocycles. The summed E-state index contributed by atoms with van der Waals surface area (Å²) in [5, 5.41) is 15.0. The number of carbonyl (C=O) groups is 2. The van der Waals surface area contributed by atoms with Crippen molar-refractivity contribution in [3.05, 3.63) is 83.1 Å². The molecule has 1 aliphatic heterocycles. The Morgan fingerprint density at radius 2 is 1.87 bits per heavy atom. The van der Waals surface area contributed by atoms with Gasteiger partial charge in [-0.3, -0.25) is 24.2 Å². The summed E-state index contributed by atoms with van der Waals surface area (Å²) < 4.78 is 7.73. The minimum Gasteiger partial charge on any atom is -0.493 e. The second-order valence-electron chi connectivity index (χ2n) is 10.3. The van der Waals surface area contributed by atoms with Gasteiger partial charge < -0.3 is 14.7 Å². The number of carboxylic acids is 1. The van der Waals surface area contributed by atoms with Gasteiger partial charge in [-0.15, -0.1) is 0 Å².